The fourth-order valence-corrected chi connectivity index (χ4v) is 3.45. The van der Waals surface area contributed by atoms with Gasteiger partial charge in [0.2, 0.25) is 5.91 Å². The van der Waals surface area contributed by atoms with E-state index in [1.54, 1.807) is 0 Å². The van der Waals surface area contributed by atoms with E-state index in [2.05, 4.69) is 44.3 Å². The molecule has 2 aliphatic rings. The number of rotatable bonds is 3. The van der Waals surface area contributed by atoms with Gasteiger partial charge in [-0.25, -0.2) is 0 Å². The minimum atomic E-state index is -0.00648. The Bertz CT molecular complexity index is 538. The summed E-state index contributed by atoms with van der Waals surface area (Å²) in [5.74, 6) is 0.641. The van der Waals surface area contributed by atoms with Crippen LogP contribution in [-0.4, -0.2) is 36.6 Å². The number of amides is 1. The lowest BCUT2D eigenvalue weighted by Gasteiger charge is -2.34. The van der Waals surface area contributed by atoms with Gasteiger partial charge < -0.3 is 9.64 Å². The number of ether oxygens (including phenoxy) is 1. The summed E-state index contributed by atoms with van der Waals surface area (Å²) in [6, 6.07) is 6.65. The summed E-state index contributed by atoms with van der Waals surface area (Å²) in [7, 11) is 0. The predicted molar refractivity (Wildman–Crippen MR) is 81.9 cm³/mol. The van der Waals surface area contributed by atoms with Crippen LogP contribution in [0, 0.1) is 19.8 Å². The Labute approximate surface area is 126 Å². The molecule has 3 unspecified atom stereocenters. The molecular weight excluding hydrogens is 264 g/mol. The molecule has 0 radical (unpaired) electrons. The summed E-state index contributed by atoms with van der Waals surface area (Å²) < 4.78 is 5.50. The summed E-state index contributed by atoms with van der Waals surface area (Å²) in [6.45, 7) is 8.38. The Morgan fingerprint density at radius 1 is 1.38 bits per heavy atom. The van der Waals surface area contributed by atoms with Crippen LogP contribution in [0.2, 0.25) is 0 Å². The molecule has 21 heavy (non-hydrogen) atoms. The van der Waals surface area contributed by atoms with Crippen LogP contribution in [0.4, 0.5) is 0 Å². The average molecular weight is 288 g/mol. The third-order valence-electron chi connectivity index (χ3n) is 4.83. The number of hydrogen-bond donors (Lipinski definition) is 1. The molecule has 0 saturated carbocycles. The van der Waals surface area contributed by atoms with E-state index in [-0.39, 0.29) is 18.1 Å². The fourth-order valence-electron chi connectivity index (χ4n) is 3.45. The maximum Gasteiger partial charge on any atom is 0.238 e. The van der Waals surface area contributed by atoms with Crippen LogP contribution in [0.3, 0.4) is 0 Å². The lowest BCUT2D eigenvalue weighted by atomic mass is 9.96. The highest BCUT2D eigenvalue weighted by Gasteiger charge is 2.39. The van der Waals surface area contributed by atoms with Crippen LogP contribution in [0.15, 0.2) is 18.2 Å². The van der Waals surface area contributed by atoms with Gasteiger partial charge in [0.1, 0.15) is 6.17 Å². The lowest BCUT2D eigenvalue weighted by molar-refractivity contribution is -0.131. The van der Waals surface area contributed by atoms with Crippen LogP contribution >= 0.6 is 0 Å². The number of carbonyl (C=O) groups excluding carboxylic acids is 1. The summed E-state index contributed by atoms with van der Waals surface area (Å²) >= 11 is 0. The van der Waals surface area contributed by atoms with Crippen LogP contribution < -0.4 is 5.32 Å². The lowest BCUT2D eigenvalue weighted by Crippen LogP contribution is -2.42. The zero-order valence-corrected chi connectivity index (χ0v) is 13.1. The second-order valence-corrected chi connectivity index (χ2v) is 6.31. The number of nitrogens with zero attached hydrogens (tertiary/aromatic N) is 1. The molecule has 4 nitrogen and oxygen atoms in total. The molecule has 0 bridgehead atoms. The zero-order chi connectivity index (χ0) is 15.0. The van der Waals surface area contributed by atoms with Crippen molar-refractivity contribution in [3.63, 3.8) is 0 Å². The zero-order valence-electron chi connectivity index (χ0n) is 13.1. The SMILES string of the molecule is Cc1ccc(C)c(C2NCC(=O)N2C(C)C2CCOC2)c1. The summed E-state index contributed by atoms with van der Waals surface area (Å²) in [6.07, 6.45) is 1.04. The molecule has 2 heterocycles. The van der Waals surface area contributed by atoms with Crippen molar-refractivity contribution in [3.8, 4) is 0 Å². The minimum absolute atomic E-state index is 0.00648. The molecule has 3 atom stereocenters. The van der Waals surface area contributed by atoms with Gasteiger partial charge in [-0.15, -0.1) is 0 Å². The van der Waals surface area contributed by atoms with Gasteiger partial charge in [-0.1, -0.05) is 23.8 Å². The average Bonchev–Trinajstić information content (AvgIpc) is 3.10. The number of benzene rings is 1. The predicted octanol–water partition coefficient (Wildman–Crippen LogP) is 2.16. The highest BCUT2D eigenvalue weighted by Crippen LogP contribution is 2.32. The van der Waals surface area contributed by atoms with Gasteiger partial charge in [-0.2, -0.15) is 0 Å². The Hall–Kier alpha value is -1.39. The molecule has 0 spiro atoms. The van der Waals surface area contributed by atoms with E-state index >= 15 is 0 Å². The first-order valence-electron chi connectivity index (χ1n) is 7.77. The third kappa shape index (κ3) is 2.70. The van der Waals surface area contributed by atoms with Gasteiger partial charge in [-0.05, 0) is 38.3 Å². The second kappa shape index (κ2) is 5.78. The number of aryl methyl sites for hydroxylation is 2. The Balaban J connectivity index is 1.89. The van der Waals surface area contributed by atoms with Crippen LogP contribution in [0.25, 0.3) is 0 Å². The largest absolute Gasteiger partial charge is 0.381 e. The minimum Gasteiger partial charge on any atom is -0.381 e. The Morgan fingerprint density at radius 3 is 2.90 bits per heavy atom. The van der Waals surface area contributed by atoms with Crippen molar-refractivity contribution in [2.24, 2.45) is 5.92 Å². The molecule has 2 saturated heterocycles. The second-order valence-electron chi connectivity index (χ2n) is 6.31. The van der Waals surface area contributed by atoms with Gasteiger partial charge in [0.05, 0.1) is 13.2 Å². The van der Waals surface area contributed by atoms with E-state index in [0.717, 1.165) is 19.6 Å². The summed E-state index contributed by atoms with van der Waals surface area (Å²) in [5, 5.41) is 3.38. The van der Waals surface area contributed by atoms with E-state index in [4.69, 9.17) is 4.74 Å². The normalized spacial score (nSPS) is 27.4. The number of nitrogens with one attached hydrogen (secondary N) is 1. The molecule has 4 heteroatoms. The van der Waals surface area contributed by atoms with Gasteiger partial charge >= 0.3 is 0 Å². The number of hydrogen-bond acceptors (Lipinski definition) is 3. The molecule has 3 rings (SSSR count). The standard InChI is InChI=1S/C17H24N2O2/c1-11-4-5-12(2)15(8-11)17-18-9-16(20)19(17)13(3)14-6-7-21-10-14/h4-5,8,13-14,17-18H,6-7,9-10H2,1-3H3. The summed E-state index contributed by atoms with van der Waals surface area (Å²) in [5.41, 5.74) is 3.67. The van der Waals surface area contributed by atoms with Gasteiger partial charge in [0, 0.05) is 18.6 Å². The van der Waals surface area contributed by atoms with E-state index in [1.165, 1.54) is 16.7 Å². The monoisotopic (exact) mass is 288 g/mol. The van der Waals surface area contributed by atoms with Crippen molar-refractivity contribution in [1.29, 1.82) is 0 Å². The molecule has 2 aliphatic heterocycles. The highest BCUT2D eigenvalue weighted by atomic mass is 16.5. The maximum atomic E-state index is 12.4. The molecule has 1 aromatic rings. The maximum absolute atomic E-state index is 12.4. The van der Waals surface area contributed by atoms with E-state index in [0.29, 0.717) is 12.5 Å². The van der Waals surface area contributed by atoms with E-state index in [1.807, 2.05) is 4.90 Å². The molecule has 2 fully saturated rings. The van der Waals surface area contributed by atoms with Gasteiger partial charge in [0.25, 0.3) is 0 Å². The smallest absolute Gasteiger partial charge is 0.238 e. The highest BCUT2D eigenvalue weighted by molar-refractivity contribution is 5.81. The van der Waals surface area contributed by atoms with Crippen molar-refractivity contribution in [1.82, 2.24) is 10.2 Å². The molecular formula is C17H24N2O2. The van der Waals surface area contributed by atoms with Crippen LogP contribution in [0.5, 0.6) is 0 Å². The van der Waals surface area contributed by atoms with Crippen molar-refractivity contribution in [2.45, 2.75) is 39.4 Å². The first-order chi connectivity index (χ1) is 10.1. The van der Waals surface area contributed by atoms with Gasteiger partial charge in [0.15, 0.2) is 0 Å². The molecule has 1 amide bonds. The molecule has 0 aromatic heterocycles. The van der Waals surface area contributed by atoms with Crippen molar-refractivity contribution < 1.29 is 9.53 Å². The van der Waals surface area contributed by atoms with E-state index < -0.39 is 0 Å². The van der Waals surface area contributed by atoms with Crippen LogP contribution in [0.1, 0.15) is 36.2 Å². The van der Waals surface area contributed by atoms with Crippen molar-refractivity contribution in [3.05, 3.63) is 34.9 Å². The Morgan fingerprint density at radius 2 is 2.19 bits per heavy atom. The van der Waals surface area contributed by atoms with Crippen molar-refractivity contribution >= 4 is 5.91 Å². The summed E-state index contributed by atoms with van der Waals surface area (Å²) in [4.78, 5) is 14.4. The first-order valence-corrected chi connectivity index (χ1v) is 7.77. The van der Waals surface area contributed by atoms with E-state index in [9.17, 15) is 4.79 Å². The third-order valence-corrected chi connectivity index (χ3v) is 4.83. The topological polar surface area (TPSA) is 41.6 Å². The molecule has 114 valence electrons. The number of carbonyl (C=O) groups is 1. The molecule has 1 aromatic carbocycles. The molecule has 0 aliphatic carbocycles. The quantitative estimate of drug-likeness (QED) is 0.926. The van der Waals surface area contributed by atoms with Gasteiger partial charge in [-0.3, -0.25) is 10.1 Å². The van der Waals surface area contributed by atoms with Crippen molar-refractivity contribution in [2.75, 3.05) is 19.8 Å². The first kappa shape index (κ1) is 14.5. The Kier molecular flexibility index (Phi) is 4.00. The fraction of sp³-hybridized carbons (Fsp3) is 0.588. The van der Waals surface area contributed by atoms with Crippen LogP contribution in [-0.2, 0) is 9.53 Å². The molecule has 1 N–H and O–H groups in total.